The van der Waals surface area contributed by atoms with Crippen LogP contribution in [0.1, 0.15) is 41.6 Å². The summed E-state index contributed by atoms with van der Waals surface area (Å²) >= 11 is 0. The fraction of sp³-hybridized carbons (Fsp3) is 0.476. The molecule has 0 radical (unpaired) electrons. The van der Waals surface area contributed by atoms with Crippen LogP contribution in [0.15, 0.2) is 27.9 Å². The van der Waals surface area contributed by atoms with Crippen LogP contribution in [0.3, 0.4) is 0 Å². The van der Waals surface area contributed by atoms with E-state index in [1.54, 1.807) is 26.0 Å². The molecule has 0 bridgehead atoms. The molecule has 12 heteroatoms. The number of aromatic nitrogens is 2. The lowest BCUT2D eigenvalue weighted by molar-refractivity contribution is 0.0514. The van der Waals surface area contributed by atoms with Crippen LogP contribution in [-0.2, 0) is 19.3 Å². The topological polar surface area (TPSA) is 168 Å². The Kier molecular flexibility index (Phi) is 7.40. The first-order valence-corrected chi connectivity index (χ1v) is 12.0. The SMILES string of the molecule is CCOC(=O)c1nc(C2(S(=O)(=O)c3ccc(C)cc3OCCO)CCNCC2)[nH]c(=O)c1O. The predicted molar refractivity (Wildman–Crippen MR) is 117 cm³/mol. The number of hydrogen-bond donors (Lipinski definition) is 4. The number of piperidine rings is 1. The van der Waals surface area contributed by atoms with Crippen molar-refractivity contribution in [3.8, 4) is 11.5 Å². The molecule has 1 saturated heterocycles. The molecule has 1 aromatic carbocycles. The van der Waals surface area contributed by atoms with Gasteiger partial charge >= 0.3 is 5.97 Å². The fourth-order valence-electron chi connectivity index (χ4n) is 3.80. The number of hydrogen-bond acceptors (Lipinski definition) is 10. The number of aryl methyl sites for hydroxylation is 1. The van der Waals surface area contributed by atoms with E-state index >= 15 is 0 Å². The van der Waals surface area contributed by atoms with Crippen LogP contribution >= 0.6 is 0 Å². The molecule has 0 spiro atoms. The molecule has 33 heavy (non-hydrogen) atoms. The van der Waals surface area contributed by atoms with Crippen molar-refractivity contribution in [2.75, 3.05) is 32.9 Å². The molecule has 1 aliphatic heterocycles. The Balaban J connectivity index is 2.25. The van der Waals surface area contributed by atoms with Gasteiger partial charge in [0.05, 0.1) is 13.2 Å². The van der Waals surface area contributed by atoms with Crippen LogP contribution < -0.4 is 15.6 Å². The van der Waals surface area contributed by atoms with Crippen LogP contribution in [0.5, 0.6) is 11.5 Å². The Bertz CT molecular complexity index is 1190. The minimum absolute atomic E-state index is 0.0234. The molecule has 11 nitrogen and oxygen atoms in total. The minimum atomic E-state index is -4.25. The maximum atomic E-state index is 14.1. The first-order valence-electron chi connectivity index (χ1n) is 10.5. The quantitative estimate of drug-likeness (QED) is 0.387. The smallest absolute Gasteiger partial charge is 0.361 e. The third-order valence-electron chi connectivity index (χ3n) is 5.46. The van der Waals surface area contributed by atoms with Crippen molar-refractivity contribution in [1.29, 1.82) is 0 Å². The number of aromatic amines is 1. The van der Waals surface area contributed by atoms with Crippen LogP contribution in [0, 0.1) is 6.92 Å². The summed E-state index contributed by atoms with van der Waals surface area (Å²) in [7, 11) is -4.25. The number of aromatic hydroxyl groups is 1. The highest BCUT2D eigenvalue weighted by molar-refractivity contribution is 7.92. The predicted octanol–water partition coefficient (Wildman–Crippen LogP) is 0.384. The van der Waals surface area contributed by atoms with Gasteiger partial charge in [-0.1, -0.05) is 6.07 Å². The molecule has 180 valence electrons. The van der Waals surface area contributed by atoms with Crippen LogP contribution in [0.25, 0.3) is 0 Å². The van der Waals surface area contributed by atoms with E-state index in [0.29, 0.717) is 13.1 Å². The molecular weight excluding hydrogens is 454 g/mol. The largest absolute Gasteiger partial charge is 0.501 e. The number of nitrogens with one attached hydrogen (secondary N) is 2. The summed E-state index contributed by atoms with van der Waals surface area (Å²) in [5, 5.41) is 22.3. The third kappa shape index (κ3) is 4.59. The first kappa shape index (κ1) is 24.7. The number of H-pyrrole nitrogens is 1. The second-order valence-electron chi connectivity index (χ2n) is 7.60. The maximum Gasteiger partial charge on any atom is 0.361 e. The van der Waals surface area contributed by atoms with Crippen molar-refractivity contribution >= 4 is 15.8 Å². The van der Waals surface area contributed by atoms with E-state index in [-0.39, 0.29) is 49.1 Å². The summed E-state index contributed by atoms with van der Waals surface area (Å²) in [6, 6.07) is 4.57. The Morgan fingerprint density at radius 1 is 1.27 bits per heavy atom. The average Bonchev–Trinajstić information content (AvgIpc) is 2.79. The fourth-order valence-corrected chi connectivity index (χ4v) is 5.95. The van der Waals surface area contributed by atoms with Crippen LogP contribution in [0.2, 0.25) is 0 Å². The summed E-state index contributed by atoms with van der Waals surface area (Å²) in [5.74, 6) is -2.18. The van der Waals surface area contributed by atoms with E-state index in [4.69, 9.17) is 14.6 Å². The molecule has 1 aromatic heterocycles. The monoisotopic (exact) mass is 481 g/mol. The van der Waals surface area contributed by atoms with E-state index in [1.165, 1.54) is 6.07 Å². The molecule has 0 unspecified atom stereocenters. The van der Waals surface area contributed by atoms with Gasteiger partial charge in [-0.25, -0.2) is 18.2 Å². The first-order chi connectivity index (χ1) is 15.7. The highest BCUT2D eigenvalue weighted by atomic mass is 32.2. The molecule has 0 atom stereocenters. The highest BCUT2D eigenvalue weighted by Gasteiger charge is 2.50. The number of rotatable bonds is 8. The number of sulfone groups is 1. The van der Waals surface area contributed by atoms with E-state index in [9.17, 15) is 23.1 Å². The van der Waals surface area contributed by atoms with Crippen molar-refractivity contribution in [3.63, 3.8) is 0 Å². The number of nitrogens with zero attached hydrogens (tertiary/aromatic N) is 1. The standard InChI is InChI=1S/C21H27N3O8S/c1-3-31-19(28)16-17(26)18(27)24-20(23-16)21(6-8-22-9-7-21)33(29,30)15-5-4-13(2)12-14(15)32-11-10-25/h4-5,12,22,25-26H,3,6-11H2,1-2H3,(H,23,24,27). The number of ether oxygens (including phenoxy) is 2. The van der Waals surface area contributed by atoms with Gasteiger partial charge in [-0.3, -0.25) is 4.79 Å². The lowest BCUT2D eigenvalue weighted by Crippen LogP contribution is -2.47. The van der Waals surface area contributed by atoms with Crippen LogP contribution in [-0.4, -0.2) is 67.5 Å². The highest BCUT2D eigenvalue weighted by Crippen LogP contribution is 2.44. The molecule has 0 amide bonds. The number of carbonyl (C=O) groups is 1. The van der Waals surface area contributed by atoms with Gasteiger partial charge in [-0.2, -0.15) is 0 Å². The molecule has 1 fully saturated rings. The van der Waals surface area contributed by atoms with Crippen molar-refractivity contribution < 1.29 is 32.9 Å². The summed E-state index contributed by atoms with van der Waals surface area (Å²) in [4.78, 5) is 31.1. The maximum absolute atomic E-state index is 14.1. The number of aliphatic hydroxyl groups excluding tert-OH is 1. The van der Waals surface area contributed by atoms with Crippen molar-refractivity contribution in [2.24, 2.45) is 0 Å². The van der Waals surface area contributed by atoms with Gasteiger partial charge in [0.25, 0.3) is 5.56 Å². The van der Waals surface area contributed by atoms with Gasteiger partial charge in [0, 0.05) is 0 Å². The van der Waals surface area contributed by atoms with Crippen LogP contribution in [0.4, 0.5) is 0 Å². The molecule has 1 aliphatic rings. The number of aliphatic hydroxyl groups is 1. The van der Waals surface area contributed by atoms with E-state index in [0.717, 1.165) is 5.56 Å². The van der Waals surface area contributed by atoms with Gasteiger partial charge in [0.2, 0.25) is 5.75 Å². The van der Waals surface area contributed by atoms with Gasteiger partial charge in [0.15, 0.2) is 15.5 Å². The number of esters is 1. The molecule has 0 saturated carbocycles. The summed E-state index contributed by atoms with van der Waals surface area (Å²) in [6.45, 7) is 3.49. The normalized spacial score (nSPS) is 15.7. The minimum Gasteiger partial charge on any atom is -0.501 e. The Hall–Kier alpha value is -2.96. The zero-order valence-electron chi connectivity index (χ0n) is 18.4. The molecule has 2 heterocycles. The number of carbonyl (C=O) groups excluding carboxylic acids is 1. The van der Waals surface area contributed by atoms with E-state index < -0.39 is 37.6 Å². The molecular formula is C21H27N3O8S. The lowest BCUT2D eigenvalue weighted by Gasteiger charge is -2.36. The van der Waals surface area contributed by atoms with Gasteiger partial charge in [-0.15, -0.1) is 0 Å². The van der Waals surface area contributed by atoms with E-state index in [1.807, 2.05) is 0 Å². The Morgan fingerprint density at radius 2 is 1.97 bits per heavy atom. The zero-order chi connectivity index (χ0) is 24.2. The molecule has 3 rings (SSSR count). The van der Waals surface area contributed by atoms with Crippen molar-refractivity contribution in [2.45, 2.75) is 36.3 Å². The molecule has 2 aromatic rings. The van der Waals surface area contributed by atoms with Gasteiger partial charge < -0.3 is 30.0 Å². The second-order valence-corrected chi connectivity index (χ2v) is 9.83. The molecule has 4 N–H and O–H groups in total. The number of benzene rings is 1. The zero-order valence-corrected chi connectivity index (χ0v) is 19.2. The average molecular weight is 482 g/mol. The van der Waals surface area contributed by atoms with Crippen molar-refractivity contribution in [1.82, 2.24) is 15.3 Å². The molecule has 0 aliphatic carbocycles. The van der Waals surface area contributed by atoms with Crippen molar-refractivity contribution in [3.05, 3.63) is 45.6 Å². The summed E-state index contributed by atoms with van der Waals surface area (Å²) in [6.07, 6.45) is 0.0806. The van der Waals surface area contributed by atoms with Gasteiger partial charge in [-0.05, 0) is 57.5 Å². The Morgan fingerprint density at radius 3 is 2.61 bits per heavy atom. The Labute approximate surface area is 190 Å². The third-order valence-corrected chi connectivity index (χ3v) is 8.01. The van der Waals surface area contributed by atoms with Gasteiger partial charge in [0.1, 0.15) is 27.8 Å². The summed E-state index contributed by atoms with van der Waals surface area (Å²) in [5.41, 5.74) is -0.941. The summed E-state index contributed by atoms with van der Waals surface area (Å²) < 4.78 is 36.9. The second kappa shape index (κ2) is 9.89. The lowest BCUT2D eigenvalue weighted by atomic mass is 9.95. The van der Waals surface area contributed by atoms with E-state index in [2.05, 4.69) is 15.3 Å².